The summed E-state index contributed by atoms with van der Waals surface area (Å²) in [6.45, 7) is -0.920. The lowest BCUT2D eigenvalue weighted by Crippen LogP contribution is -2.43. The summed E-state index contributed by atoms with van der Waals surface area (Å²) in [7, 11) is 0. The molecule has 0 radical (unpaired) electrons. The SMILES string of the molecule is O=C(COC(=O)COc1cccc(Cl)c1)NNC(=O)c1ccccc1. The summed E-state index contributed by atoms with van der Waals surface area (Å²) in [5.74, 6) is -1.49. The Labute approximate surface area is 148 Å². The lowest BCUT2D eigenvalue weighted by atomic mass is 10.2. The minimum Gasteiger partial charge on any atom is -0.482 e. The van der Waals surface area contributed by atoms with Crippen molar-refractivity contribution >= 4 is 29.4 Å². The van der Waals surface area contributed by atoms with E-state index in [9.17, 15) is 14.4 Å². The fourth-order valence-electron chi connectivity index (χ4n) is 1.71. The molecule has 0 atom stereocenters. The number of carbonyl (C=O) groups is 3. The minimum atomic E-state index is -0.732. The molecule has 0 bridgehead atoms. The molecule has 2 amide bonds. The molecule has 0 heterocycles. The van der Waals surface area contributed by atoms with Crippen LogP contribution in [0.3, 0.4) is 0 Å². The first-order valence-electron chi connectivity index (χ1n) is 7.23. The van der Waals surface area contributed by atoms with Crippen molar-refractivity contribution in [2.45, 2.75) is 0 Å². The fourth-order valence-corrected chi connectivity index (χ4v) is 1.89. The Balaban J connectivity index is 1.65. The third-order valence-electron chi connectivity index (χ3n) is 2.87. The number of benzene rings is 2. The standard InChI is InChI=1S/C17H15ClN2O5/c18-13-7-4-8-14(9-13)24-11-16(22)25-10-15(21)19-20-17(23)12-5-2-1-3-6-12/h1-9H,10-11H2,(H,19,21)(H,20,23). The zero-order valence-electron chi connectivity index (χ0n) is 13.0. The smallest absolute Gasteiger partial charge is 0.344 e. The largest absolute Gasteiger partial charge is 0.482 e. The van der Waals surface area contributed by atoms with Gasteiger partial charge in [0.05, 0.1) is 0 Å². The molecule has 0 unspecified atom stereocenters. The van der Waals surface area contributed by atoms with Crippen LogP contribution in [-0.2, 0) is 14.3 Å². The average Bonchev–Trinajstić information content (AvgIpc) is 2.63. The number of hydrogen-bond acceptors (Lipinski definition) is 5. The van der Waals surface area contributed by atoms with Crippen LogP contribution in [0, 0.1) is 0 Å². The maximum atomic E-state index is 11.7. The van der Waals surface area contributed by atoms with E-state index in [4.69, 9.17) is 21.1 Å². The second kappa shape index (κ2) is 9.29. The van der Waals surface area contributed by atoms with Crippen LogP contribution in [0.15, 0.2) is 54.6 Å². The Morgan fingerprint density at radius 2 is 1.68 bits per heavy atom. The first-order chi connectivity index (χ1) is 12.0. The van der Waals surface area contributed by atoms with E-state index in [0.717, 1.165) is 0 Å². The van der Waals surface area contributed by atoms with E-state index in [1.54, 1.807) is 54.6 Å². The van der Waals surface area contributed by atoms with E-state index in [1.807, 2.05) is 0 Å². The number of rotatable bonds is 6. The van der Waals surface area contributed by atoms with E-state index in [1.165, 1.54) is 0 Å². The zero-order chi connectivity index (χ0) is 18.1. The third kappa shape index (κ3) is 6.52. The van der Waals surface area contributed by atoms with Gasteiger partial charge in [0.25, 0.3) is 11.8 Å². The molecule has 0 saturated heterocycles. The maximum absolute atomic E-state index is 11.7. The van der Waals surface area contributed by atoms with Crippen molar-refractivity contribution in [2.75, 3.05) is 13.2 Å². The van der Waals surface area contributed by atoms with Crippen molar-refractivity contribution in [3.8, 4) is 5.75 Å². The molecule has 7 nitrogen and oxygen atoms in total. The molecule has 130 valence electrons. The third-order valence-corrected chi connectivity index (χ3v) is 3.10. The van der Waals surface area contributed by atoms with E-state index in [-0.39, 0.29) is 6.61 Å². The fraction of sp³-hybridized carbons (Fsp3) is 0.118. The van der Waals surface area contributed by atoms with Crippen molar-refractivity contribution in [2.24, 2.45) is 0 Å². The molecule has 8 heteroatoms. The molecule has 2 N–H and O–H groups in total. The van der Waals surface area contributed by atoms with Crippen molar-refractivity contribution in [1.82, 2.24) is 10.9 Å². The summed E-state index contributed by atoms with van der Waals surface area (Å²) >= 11 is 5.78. The molecular formula is C17H15ClN2O5. The summed E-state index contributed by atoms with van der Waals surface area (Å²) in [6.07, 6.45) is 0. The minimum absolute atomic E-state index is 0.371. The molecule has 25 heavy (non-hydrogen) atoms. The van der Waals surface area contributed by atoms with Crippen molar-refractivity contribution in [1.29, 1.82) is 0 Å². The van der Waals surface area contributed by atoms with Gasteiger partial charge in [-0.05, 0) is 30.3 Å². The number of esters is 1. The van der Waals surface area contributed by atoms with E-state index in [0.29, 0.717) is 16.3 Å². The van der Waals surface area contributed by atoms with Crippen LogP contribution in [0.1, 0.15) is 10.4 Å². The number of hydrazine groups is 1. The number of hydrogen-bond donors (Lipinski definition) is 2. The highest BCUT2D eigenvalue weighted by Crippen LogP contribution is 2.16. The van der Waals surface area contributed by atoms with Gasteiger partial charge in [0.1, 0.15) is 5.75 Å². The normalized spacial score (nSPS) is 9.80. The van der Waals surface area contributed by atoms with Gasteiger partial charge in [-0.25, -0.2) is 4.79 Å². The quantitative estimate of drug-likeness (QED) is 0.603. The highest BCUT2D eigenvalue weighted by Gasteiger charge is 2.10. The first kappa shape index (κ1) is 18.3. The highest BCUT2D eigenvalue weighted by atomic mass is 35.5. The Morgan fingerprint density at radius 1 is 0.920 bits per heavy atom. The Hall–Kier alpha value is -3.06. The van der Waals surface area contributed by atoms with Gasteiger partial charge in [0.2, 0.25) is 0 Å². The molecule has 0 aromatic heterocycles. The molecule has 2 aromatic rings. The second-order valence-corrected chi connectivity index (χ2v) is 5.21. The monoisotopic (exact) mass is 362 g/mol. The average molecular weight is 363 g/mol. The second-order valence-electron chi connectivity index (χ2n) is 4.78. The summed E-state index contributed by atoms with van der Waals surface area (Å²) in [6, 6.07) is 14.8. The zero-order valence-corrected chi connectivity index (χ0v) is 13.8. The lowest BCUT2D eigenvalue weighted by Gasteiger charge is -2.09. The van der Waals surface area contributed by atoms with Gasteiger partial charge in [-0.3, -0.25) is 20.4 Å². The van der Waals surface area contributed by atoms with E-state index < -0.39 is 24.4 Å². The van der Waals surface area contributed by atoms with Gasteiger partial charge in [-0.15, -0.1) is 0 Å². The van der Waals surface area contributed by atoms with Gasteiger partial charge in [0, 0.05) is 10.6 Å². The number of nitrogens with one attached hydrogen (secondary N) is 2. The number of halogens is 1. The molecule has 2 rings (SSSR count). The van der Waals surface area contributed by atoms with Crippen molar-refractivity contribution in [3.05, 3.63) is 65.2 Å². The molecular weight excluding hydrogens is 348 g/mol. The summed E-state index contributed by atoms with van der Waals surface area (Å²) in [5.41, 5.74) is 4.74. The van der Waals surface area contributed by atoms with E-state index in [2.05, 4.69) is 10.9 Å². The molecule has 0 fully saturated rings. The topological polar surface area (TPSA) is 93.7 Å². The van der Waals surface area contributed by atoms with Crippen molar-refractivity contribution < 1.29 is 23.9 Å². The van der Waals surface area contributed by atoms with Gasteiger partial charge < -0.3 is 9.47 Å². The van der Waals surface area contributed by atoms with Gasteiger partial charge in [-0.1, -0.05) is 35.9 Å². The van der Waals surface area contributed by atoms with Crippen LogP contribution in [0.25, 0.3) is 0 Å². The van der Waals surface area contributed by atoms with Crippen LogP contribution in [0.4, 0.5) is 0 Å². The van der Waals surface area contributed by atoms with Gasteiger partial charge >= 0.3 is 5.97 Å². The molecule has 0 aliphatic rings. The number of amides is 2. The highest BCUT2D eigenvalue weighted by molar-refractivity contribution is 6.30. The van der Waals surface area contributed by atoms with Crippen LogP contribution >= 0.6 is 11.6 Å². The molecule has 0 saturated carbocycles. The Kier molecular flexibility index (Phi) is 6.79. The van der Waals surface area contributed by atoms with Crippen LogP contribution in [0.2, 0.25) is 5.02 Å². The summed E-state index contributed by atoms with van der Waals surface area (Å²) in [5, 5.41) is 0.472. The van der Waals surface area contributed by atoms with Crippen molar-refractivity contribution in [3.63, 3.8) is 0 Å². The van der Waals surface area contributed by atoms with Gasteiger partial charge in [-0.2, -0.15) is 0 Å². The summed E-state index contributed by atoms with van der Waals surface area (Å²) < 4.78 is 9.91. The number of ether oxygens (including phenoxy) is 2. The molecule has 0 aliphatic carbocycles. The Bertz CT molecular complexity index is 752. The van der Waals surface area contributed by atoms with Crippen LogP contribution in [0.5, 0.6) is 5.75 Å². The molecule has 2 aromatic carbocycles. The predicted molar refractivity (Wildman–Crippen MR) is 90.0 cm³/mol. The first-order valence-corrected chi connectivity index (χ1v) is 7.60. The molecule has 0 spiro atoms. The summed E-state index contributed by atoms with van der Waals surface area (Å²) in [4.78, 5) is 34.8. The van der Waals surface area contributed by atoms with Crippen LogP contribution < -0.4 is 15.6 Å². The van der Waals surface area contributed by atoms with E-state index >= 15 is 0 Å². The molecule has 0 aliphatic heterocycles. The predicted octanol–water partition coefficient (Wildman–Crippen LogP) is 1.72. The number of carbonyl (C=O) groups excluding carboxylic acids is 3. The van der Waals surface area contributed by atoms with Gasteiger partial charge in [0.15, 0.2) is 13.2 Å². The van der Waals surface area contributed by atoms with Crippen LogP contribution in [-0.4, -0.2) is 31.0 Å². The maximum Gasteiger partial charge on any atom is 0.344 e. The lowest BCUT2D eigenvalue weighted by molar-refractivity contribution is -0.150. The Morgan fingerprint density at radius 3 is 2.40 bits per heavy atom.